The maximum absolute atomic E-state index is 14.0. The maximum atomic E-state index is 14.0. The predicted octanol–water partition coefficient (Wildman–Crippen LogP) is 2.91. The van der Waals surface area contributed by atoms with Crippen LogP contribution in [0.15, 0.2) is 18.3 Å². The minimum atomic E-state index is -0.124. The molecule has 0 radical (unpaired) electrons. The van der Waals surface area contributed by atoms with E-state index in [2.05, 4.69) is 6.07 Å². The van der Waals surface area contributed by atoms with Crippen LogP contribution in [0.25, 0.3) is 10.9 Å². The summed E-state index contributed by atoms with van der Waals surface area (Å²) in [7, 11) is 1.88. The largest absolute Gasteiger partial charge is 0.348 e. The fourth-order valence-corrected chi connectivity index (χ4v) is 2.36. The quantitative estimate of drug-likeness (QED) is 0.810. The average molecular weight is 234 g/mol. The van der Waals surface area contributed by atoms with Crippen LogP contribution < -0.4 is 5.73 Å². The summed E-state index contributed by atoms with van der Waals surface area (Å²) < 4.78 is 15.8. The van der Waals surface area contributed by atoms with Crippen molar-refractivity contribution < 1.29 is 4.39 Å². The topological polar surface area (TPSA) is 30.9 Å². The molecule has 0 atom stereocenters. The second kappa shape index (κ2) is 4.88. The zero-order chi connectivity index (χ0) is 12.4. The minimum absolute atomic E-state index is 0.124. The molecule has 0 saturated carbocycles. The molecule has 0 aliphatic rings. The van der Waals surface area contributed by atoms with Gasteiger partial charge < -0.3 is 10.3 Å². The van der Waals surface area contributed by atoms with E-state index in [1.807, 2.05) is 24.7 Å². The van der Waals surface area contributed by atoms with Gasteiger partial charge in [0.05, 0.1) is 5.52 Å². The number of fused-ring (bicyclic) bond motifs is 1. The molecule has 0 bridgehead atoms. The highest BCUT2D eigenvalue weighted by Crippen LogP contribution is 2.25. The number of nitrogens with zero attached hydrogens (tertiary/aromatic N) is 1. The zero-order valence-electron chi connectivity index (χ0n) is 10.5. The van der Waals surface area contributed by atoms with Crippen LogP contribution in [0.2, 0.25) is 0 Å². The molecule has 0 fully saturated rings. The second-order valence-corrected chi connectivity index (χ2v) is 4.64. The third-order valence-corrected chi connectivity index (χ3v) is 3.21. The Hall–Kier alpha value is -1.35. The number of unbranched alkanes of at least 4 members (excludes halogenated alkanes) is 1. The summed E-state index contributed by atoms with van der Waals surface area (Å²) in [6.07, 6.45) is 4.89. The maximum Gasteiger partial charge on any atom is 0.147 e. The molecule has 92 valence electrons. The van der Waals surface area contributed by atoms with Crippen molar-refractivity contribution in [2.24, 2.45) is 12.8 Å². The summed E-state index contributed by atoms with van der Waals surface area (Å²) in [6.45, 7) is 2.72. The lowest BCUT2D eigenvalue weighted by Gasteiger charge is -2.04. The van der Waals surface area contributed by atoms with E-state index in [4.69, 9.17) is 5.73 Å². The lowest BCUT2D eigenvalue weighted by molar-refractivity contribution is 0.628. The molecule has 1 heterocycles. The monoisotopic (exact) mass is 234 g/mol. The Kier molecular flexibility index (Phi) is 3.48. The van der Waals surface area contributed by atoms with Crippen molar-refractivity contribution >= 4 is 10.9 Å². The van der Waals surface area contributed by atoms with E-state index in [9.17, 15) is 4.39 Å². The molecule has 1 aromatic heterocycles. The highest BCUT2D eigenvalue weighted by molar-refractivity contribution is 5.85. The predicted molar refractivity (Wildman–Crippen MR) is 69.6 cm³/mol. The van der Waals surface area contributed by atoms with Gasteiger partial charge in [0.25, 0.3) is 0 Å². The van der Waals surface area contributed by atoms with E-state index >= 15 is 0 Å². The number of hydrogen-bond donors (Lipinski definition) is 1. The molecule has 0 unspecified atom stereocenters. The SMILES string of the molecule is Cc1cn(C)c2c(F)cc(CCCCN)cc12. The van der Waals surface area contributed by atoms with Gasteiger partial charge in [0.2, 0.25) is 0 Å². The summed E-state index contributed by atoms with van der Waals surface area (Å²) in [4.78, 5) is 0. The van der Waals surface area contributed by atoms with Crippen molar-refractivity contribution in [2.75, 3.05) is 6.54 Å². The molecule has 1 aromatic carbocycles. The molecule has 2 aromatic rings. The van der Waals surface area contributed by atoms with Crippen LogP contribution in [0, 0.1) is 12.7 Å². The number of hydrogen-bond acceptors (Lipinski definition) is 1. The van der Waals surface area contributed by atoms with E-state index in [1.54, 1.807) is 6.07 Å². The van der Waals surface area contributed by atoms with E-state index in [0.29, 0.717) is 12.1 Å². The Balaban J connectivity index is 2.37. The summed E-state index contributed by atoms with van der Waals surface area (Å²) in [6, 6.07) is 3.75. The van der Waals surface area contributed by atoms with Gasteiger partial charge in [-0.25, -0.2) is 4.39 Å². The fraction of sp³-hybridized carbons (Fsp3) is 0.429. The summed E-state index contributed by atoms with van der Waals surface area (Å²) in [5, 5.41) is 1.02. The van der Waals surface area contributed by atoms with E-state index in [1.165, 1.54) is 0 Å². The van der Waals surface area contributed by atoms with Crippen LogP contribution in [0.1, 0.15) is 24.0 Å². The van der Waals surface area contributed by atoms with Gasteiger partial charge in [0.1, 0.15) is 5.82 Å². The standard InChI is InChI=1S/C14H19FN2/c1-10-9-17(2)14-12(10)7-11(8-13(14)15)5-3-4-6-16/h7-9H,3-6,16H2,1-2H3. The molecule has 0 aliphatic heterocycles. The van der Waals surface area contributed by atoms with Crippen molar-refractivity contribution in [3.63, 3.8) is 0 Å². The molecular formula is C14H19FN2. The van der Waals surface area contributed by atoms with Gasteiger partial charge in [-0.1, -0.05) is 0 Å². The van der Waals surface area contributed by atoms with Crippen LogP contribution in [-0.2, 0) is 13.5 Å². The first-order chi connectivity index (χ1) is 8.13. The summed E-state index contributed by atoms with van der Waals surface area (Å²) in [5.74, 6) is -0.124. The third-order valence-electron chi connectivity index (χ3n) is 3.21. The second-order valence-electron chi connectivity index (χ2n) is 4.64. The molecule has 0 amide bonds. The zero-order valence-corrected chi connectivity index (χ0v) is 10.5. The van der Waals surface area contributed by atoms with Gasteiger partial charge >= 0.3 is 0 Å². The number of benzene rings is 1. The molecule has 0 spiro atoms. The fourth-order valence-electron chi connectivity index (χ4n) is 2.36. The van der Waals surface area contributed by atoms with Crippen molar-refractivity contribution in [3.05, 3.63) is 35.3 Å². The van der Waals surface area contributed by atoms with Crippen molar-refractivity contribution in [3.8, 4) is 0 Å². The van der Waals surface area contributed by atoms with E-state index in [-0.39, 0.29) is 5.82 Å². The van der Waals surface area contributed by atoms with E-state index < -0.39 is 0 Å². The van der Waals surface area contributed by atoms with Crippen molar-refractivity contribution in [1.29, 1.82) is 0 Å². The minimum Gasteiger partial charge on any atom is -0.348 e. The molecule has 3 heteroatoms. The highest BCUT2D eigenvalue weighted by atomic mass is 19.1. The van der Waals surface area contributed by atoms with Gasteiger partial charge in [-0.3, -0.25) is 0 Å². The Bertz CT molecular complexity index is 528. The molecule has 0 saturated heterocycles. The number of rotatable bonds is 4. The highest BCUT2D eigenvalue weighted by Gasteiger charge is 2.09. The molecule has 2 rings (SSSR count). The molecule has 0 aliphatic carbocycles. The van der Waals surface area contributed by atoms with Crippen LogP contribution in [0.5, 0.6) is 0 Å². The van der Waals surface area contributed by atoms with Crippen LogP contribution >= 0.6 is 0 Å². The number of halogens is 1. The van der Waals surface area contributed by atoms with Gasteiger partial charge in [-0.15, -0.1) is 0 Å². The number of aromatic nitrogens is 1. The van der Waals surface area contributed by atoms with Gasteiger partial charge in [0, 0.05) is 18.6 Å². The Labute approximate surface area is 101 Å². The number of nitrogens with two attached hydrogens (primary N) is 1. The number of aryl methyl sites for hydroxylation is 3. The lowest BCUT2D eigenvalue weighted by atomic mass is 10.0. The van der Waals surface area contributed by atoms with Gasteiger partial charge in [-0.2, -0.15) is 0 Å². The van der Waals surface area contributed by atoms with E-state index in [0.717, 1.165) is 35.8 Å². The first-order valence-electron chi connectivity index (χ1n) is 6.07. The Morgan fingerprint density at radius 2 is 2.06 bits per heavy atom. The normalized spacial score (nSPS) is 11.3. The first kappa shape index (κ1) is 12.1. The average Bonchev–Trinajstić information content (AvgIpc) is 2.55. The molecular weight excluding hydrogens is 215 g/mol. The summed E-state index contributed by atoms with van der Waals surface area (Å²) >= 11 is 0. The van der Waals surface area contributed by atoms with Gasteiger partial charge in [0.15, 0.2) is 0 Å². The van der Waals surface area contributed by atoms with Crippen LogP contribution in [-0.4, -0.2) is 11.1 Å². The molecule has 2 nitrogen and oxygen atoms in total. The molecule has 2 N–H and O–H groups in total. The Morgan fingerprint density at radius 3 is 2.76 bits per heavy atom. The molecule has 17 heavy (non-hydrogen) atoms. The van der Waals surface area contributed by atoms with Crippen molar-refractivity contribution in [2.45, 2.75) is 26.2 Å². The third kappa shape index (κ3) is 2.34. The smallest absolute Gasteiger partial charge is 0.147 e. The first-order valence-corrected chi connectivity index (χ1v) is 6.07. The Morgan fingerprint density at radius 1 is 1.29 bits per heavy atom. The van der Waals surface area contributed by atoms with Gasteiger partial charge in [-0.05, 0) is 56.0 Å². The lowest BCUT2D eigenvalue weighted by Crippen LogP contribution is -1.99. The van der Waals surface area contributed by atoms with Crippen molar-refractivity contribution in [1.82, 2.24) is 4.57 Å². The van der Waals surface area contributed by atoms with Crippen LogP contribution in [0.4, 0.5) is 4.39 Å². The van der Waals surface area contributed by atoms with Crippen LogP contribution in [0.3, 0.4) is 0 Å². The summed E-state index contributed by atoms with van der Waals surface area (Å²) in [5.41, 5.74) is 8.36.